The number of benzene rings is 1. The largest absolute Gasteiger partial charge is 0.496 e. The monoisotopic (exact) mass is 251 g/mol. The Bertz CT molecular complexity index is 439. The van der Waals surface area contributed by atoms with Crippen molar-refractivity contribution in [1.29, 1.82) is 0 Å². The average Bonchev–Trinajstić information content (AvgIpc) is 2.28. The van der Waals surface area contributed by atoms with Gasteiger partial charge in [-0.25, -0.2) is 0 Å². The number of ether oxygens (including phenoxy) is 3. The molecule has 1 unspecified atom stereocenters. The van der Waals surface area contributed by atoms with Crippen LogP contribution in [0.4, 0.5) is 0 Å². The zero-order valence-corrected chi connectivity index (χ0v) is 11.4. The summed E-state index contributed by atoms with van der Waals surface area (Å²) < 4.78 is 16.3. The molecule has 1 aliphatic rings. The average molecular weight is 251 g/mol. The molecular formula is C14H21NO3. The minimum absolute atomic E-state index is 0.00700. The van der Waals surface area contributed by atoms with E-state index in [2.05, 4.69) is 0 Å². The van der Waals surface area contributed by atoms with Gasteiger partial charge in [-0.2, -0.15) is 0 Å². The second-order valence-corrected chi connectivity index (χ2v) is 4.96. The lowest BCUT2D eigenvalue weighted by Gasteiger charge is -2.45. The second kappa shape index (κ2) is 4.78. The third kappa shape index (κ3) is 1.85. The first kappa shape index (κ1) is 13.2. The fourth-order valence-electron chi connectivity index (χ4n) is 2.43. The van der Waals surface area contributed by atoms with Crippen molar-refractivity contribution in [3.8, 4) is 11.5 Å². The topological polar surface area (TPSA) is 53.7 Å². The first-order valence-electron chi connectivity index (χ1n) is 6.11. The maximum atomic E-state index is 6.14. The smallest absolute Gasteiger partial charge is 0.123 e. The lowest BCUT2D eigenvalue weighted by Crippen LogP contribution is -2.57. The quantitative estimate of drug-likeness (QED) is 0.883. The molecule has 1 aromatic carbocycles. The van der Waals surface area contributed by atoms with Gasteiger partial charge in [0.1, 0.15) is 11.5 Å². The van der Waals surface area contributed by atoms with Gasteiger partial charge in [0.15, 0.2) is 0 Å². The molecule has 1 aliphatic heterocycles. The maximum absolute atomic E-state index is 6.14. The third-order valence-corrected chi connectivity index (χ3v) is 3.84. The molecule has 0 saturated carbocycles. The summed E-state index contributed by atoms with van der Waals surface area (Å²) in [6.07, 6.45) is 0. The zero-order chi connectivity index (χ0) is 13.3. The SMILES string of the molecule is COc1cc(C2(C(C)N)COC2)c(OC)cc1C. The predicted molar refractivity (Wildman–Crippen MR) is 70.4 cm³/mol. The molecular weight excluding hydrogens is 230 g/mol. The van der Waals surface area contributed by atoms with E-state index in [9.17, 15) is 0 Å². The molecule has 0 aliphatic carbocycles. The van der Waals surface area contributed by atoms with E-state index in [1.807, 2.05) is 26.0 Å². The molecule has 4 heteroatoms. The summed E-state index contributed by atoms with van der Waals surface area (Å²) in [7, 11) is 3.35. The Labute approximate surface area is 108 Å². The molecule has 1 aromatic rings. The number of hydrogen-bond acceptors (Lipinski definition) is 4. The molecule has 2 N–H and O–H groups in total. The van der Waals surface area contributed by atoms with Crippen molar-refractivity contribution in [3.05, 3.63) is 23.3 Å². The molecule has 1 fully saturated rings. The van der Waals surface area contributed by atoms with Gasteiger partial charge in [0, 0.05) is 11.6 Å². The van der Waals surface area contributed by atoms with Crippen LogP contribution >= 0.6 is 0 Å². The normalized spacial score (nSPS) is 18.9. The van der Waals surface area contributed by atoms with E-state index in [0.717, 1.165) is 22.6 Å². The van der Waals surface area contributed by atoms with Crippen LogP contribution in [0.1, 0.15) is 18.1 Å². The number of nitrogens with two attached hydrogens (primary N) is 1. The zero-order valence-electron chi connectivity index (χ0n) is 11.4. The molecule has 0 aromatic heterocycles. The fourth-order valence-corrected chi connectivity index (χ4v) is 2.43. The van der Waals surface area contributed by atoms with Gasteiger partial charge >= 0.3 is 0 Å². The second-order valence-electron chi connectivity index (χ2n) is 4.96. The third-order valence-electron chi connectivity index (χ3n) is 3.84. The van der Waals surface area contributed by atoms with Gasteiger partial charge in [-0.15, -0.1) is 0 Å². The standard InChI is InChI=1S/C14H21NO3/c1-9-5-13(17-4)11(6-12(9)16-3)14(10(2)15)7-18-8-14/h5-6,10H,7-8,15H2,1-4H3. The summed E-state index contributed by atoms with van der Waals surface area (Å²) in [5.74, 6) is 1.71. The molecule has 0 spiro atoms. The summed E-state index contributed by atoms with van der Waals surface area (Å²) in [5, 5.41) is 0. The number of aryl methyl sites for hydroxylation is 1. The molecule has 18 heavy (non-hydrogen) atoms. The number of hydrogen-bond donors (Lipinski definition) is 1. The van der Waals surface area contributed by atoms with Crippen molar-refractivity contribution in [2.24, 2.45) is 5.73 Å². The van der Waals surface area contributed by atoms with Crippen LogP contribution in [0.5, 0.6) is 11.5 Å². The molecule has 100 valence electrons. The van der Waals surface area contributed by atoms with Crippen LogP contribution in [0.25, 0.3) is 0 Å². The van der Waals surface area contributed by atoms with Gasteiger partial charge in [0.25, 0.3) is 0 Å². The van der Waals surface area contributed by atoms with E-state index in [-0.39, 0.29) is 11.5 Å². The lowest BCUT2D eigenvalue weighted by atomic mass is 9.72. The molecule has 1 heterocycles. The van der Waals surface area contributed by atoms with Crippen molar-refractivity contribution in [1.82, 2.24) is 0 Å². The van der Waals surface area contributed by atoms with E-state index < -0.39 is 0 Å². The Balaban J connectivity index is 2.54. The highest BCUT2D eigenvalue weighted by molar-refractivity contribution is 5.51. The van der Waals surface area contributed by atoms with E-state index in [1.54, 1.807) is 14.2 Å². The van der Waals surface area contributed by atoms with E-state index >= 15 is 0 Å². The van der Waals surface area contributed by atoms with Gasteiger partial charge in [-0.3, -0.25) is 0 Å². The van der Waals surface area contributed by atoms with Crippen molar-refractivity contribution < 1.29 is 14.2 Å². The minimum Gasteiger partial charge on any atom is -0.496 e. The summed E-state index contributed by atoms with van der Waals surface area (Å²) in [5.41, 5.74) is 8.11. The van der Waals surface area contributed by atoms with Crippen molar-refractivity contribution in [3.63, 3.8) is 0 Å². The van der Waals surface area contributed by atoms with Crippen LogP contribution in [0.2, 0.25) is 0 Å². The summed E-state index contributed by atoms with van der Waals surface area (Å²) in [4.78, 5) is 0. The molecule has 1 saturated heterocycles. The van der Waals surface area contributed by atoms with Crippen LogP contribution in [0.15, 0.2) is 12.1 Å². The Hall–Kier alpha value is -1.26. The van der Waals surface area contributed by atoms with Crippen LogP contribution in [-0.4, -0.2) is 33.5 Å². The van der Waals surface area contributed by atoms with Gasteiger partial charge < -0.3 is 19.9 Å². The van der Waals surface area contributed by atoms with E-state index in [0.29, 0.717) is 13.2 Å². The highest BCUT2D eigenvalue weighted by Crippen LogP contribution is 2.42. The first-order chi connectivity index (χ1) is 8.55. The van der Waals surface area contributed by atoms with Crippen LogP contribution in [0, 0.1) is 6.92 Å². The molecule has 0 radical (unpaired) electrons. The Kier molecular flexibility index (Phi) is 3.50. The van der Waals surface area contributed by atoms with Crippen molar-refractivity contribution in [2.45, 2.75) is 25.3 Å². The Morgan fingerprint density at radius 1 is 1.22 bits per heavy atom. The first-order valence-corrected chi connectivity index (χ1v) is 6.11. The molecule has 0 amide bonds. The molecule has 1 atom stereocenters. The summed E-state index contributed by atoms with van der Waals surface area (Å²) in [6, 6.07) is 4.03. The highest BCUT2D eigenvalue weighted by atomic mass is 16.5. The summed E-state index contributed by atoms with van der Waals surface area (Å²) >= 11 is 0. The number of methoxy groups -OCH3 is 2. The predicted octanol–water partition coefficient (Wildman–Crippen LogP) is 1.63. The Morgan fingerprint density at radius 3 is 2.22 bits per heavy atom. The van der Waals surface area contributed by atoms with Crippen LogP contribution < -0.4 is 15.2 Å². The van der Waals surface area contributed by atoms with Crippen LogP contribution in [0.3, 0.4) is 0 Å². The molecule has 4 nitrogen and oxygen atoms in total. The summed E-state index contributed by atoms with van der Waals surface area (Å²) in [6.45, 7) is 5.27. The fraction of sp³-hybridized carbons (Fsp3) is 0.571. The number of rotatable bonds is 4. The van der Waals surface area contributed by atoms with Gasteiger partial charge in [0.2, 0.25) is 0 Å². The lowest BCUT2D eigenvalue weighted by molar-refractivity contribution is -0.0711. The van der Waals surface area contributed by atoms with Crippen molar-refractivity contribution >= 4 is 0 Å². The van der Waals surface area contributed by atoms with Gasteiger partial charge in [0.05, 0.1) is 32.8 Å². The van der Waals surface area contributed by atoms with Crippen LogP contribution in [-0.2, 0) is 10.2 Å². The maximum Gasteiger partial charge on any atom is 0.123 e. The Morgan fingerprint density at radius 2 is 1.83 bits per heavy atom. The molecule has 0 bridgehead atoms. The van der Waals surface area contributed by atoms with Gasteiger partial charge in [-0.05, 0) is 31.5 Å². The minimum atomic E-state index is -0.160. The van der Waals surface area contributed by atoms with Crippen molar-refractivity contribution in [2.75, 3.05) is 27.4 Å². The molecule has 2 rings (SSSR count). The van der Waals surface area contributed by atoms with E-state index in [4.69, 9.17) is 19.9 Å². The van der Waals surface area contributed by atoms with E-state index in [1.165, 1.54) is 0 Å². The van der Waals surface area contributed by atoms with Gasteiger partial charge in [-0.1, -0.05) is 0 Å². The highest BCUT2D eigenvalue weighted by Gasteiger charge is 2.46.